The molecule has 3 aliphatic heterocycles. The van der Waals surface area contributed by atoms with Crippen LogP contribution < -0.4 is 10.1 Å². The maximum Gasteiger partial charge on any atom is 0.314 e. The lowest BCUT2D eigenvalue weighted by molar-refractivity contribution is -0.0949. The molecule has 164 valence electrons. The fourth-order valence-electron chi connectivity index (χ4n) is 4.44. The number of nitrogens with one attached hydrogen (secondary N) is 1. The summed E-state index contributed by atoms with van der Waals surface area (Å²) in [6.07, 6.45) is 2.54. The van der Waals surface area contributed by atoms with Crippen LogP contribution in [-0.2, 0) is 0 Å². The molecule has 1 fully saturated rings. The summed E-state index contributed by atoms with van der Waals surface area (Å²) in [4.78, 5) is 13.4. The van der Waals surface area contributed by atoms with E-state index in [0.29, 0.717) is 32.7 Å². The molecule has 2 atom stereocenters. The number of fused-ring (bicyclic) bond motifs is 4. The molecule has 0 aromatic heterocycles. The highest BCUT2D eigenvalue weighted by Gasteiger charge is 2.58. The Balaban J connectivity index is 1.53. The summed E-state index contributed by atoms with van der Waals surface area (Å²) in [5.41, 5.74) is 3.71. The van der Waals surface area contributed by atoms with Gasteiger partial charge in [-0.1, -0.05) is 83.9 Å². The zero-order chi connectivity index (χ0) is 22.6. The van der Waals surface area contributed by atoms with Crippen molar-refractivity contribution in [2.75, 3.05) is 0 Å². The second kappa shape index (κ2) is 7.83. The lowest BCUT2D eigenvalue weighted by Crippen LogP contribution is -2.61. The Morgan fingerprint density at radius 3 is 2.70 bits per heavy atom. The van der Waals surface area contributed by atoms with Crippen molar-refractivity contribution < 1.29 is 9.53 Å². The Morgan fingerprint density at radius 1 is 1.06 bits per heavy atom. The highest BCUT2D eigenvalue weighted by atomic mass is 35.5. The highest BCUT2D eigenvalue weighted by molar-refractivity contribution is 8.17. The monoisotopic (exact) mass is 493 g/mol. The number of carbonyl (C=O) groups is 1. The standard InChI is InChI=1S/C25H17Cl2N3O2S/c26-18-11-6-9-16(23(18)27)13-22-25(28-24(31)33-22)30-20(17-10-4-5-12-21(17)32-25)14-19(29-30)15-7-2-1-3-8-15/h1-13,20H,14H2,(H,28,31)/b22-13-/t20-,25+/m1/s1. The number of hydrogen-bond donors (Lipinski definition) is 1. The minimum Gasteiger partial charge on any atom is -0.444 e. The van der Waals surface area contributed by atoms with Gasteiger partial charge in [-0.2, -0.15) is 5.10 Å². The molecule has 3 aromatic rings. The Bertz CT molecular complexity index is 1340. The third kappa shape index (κ3) is 3.32. The van der Waals surface area contributed by atoms with E-state index in [1.165, 1.54) is 0 Å². The minimum atomic E-state index is -1.27. The van der Waals surface area contributed by atoms with Gasteiger partial charge in [-0.05, 0) is 41.1 Å². The lowest BCUT2D eigenvalue weighted by Gasteiger charge is -2.45. The average Bonchev–Trinajstić information content (AvgIpc) is 3.40. The normalized spacial score (nSPS) is 24.4. The van der Waals surface area contributed by atoms with E-state index >= 15 is 0 Å². The Labute approximate surface area is 205 Å². The second-order valence-electron chi connectivity index (χ2n) is 7.93. The van der Waals surface area contributed by atoms with Crippen molar-refractivity contribution in [2.24, 2.45) is 5.10 Å². The van der Waals surface area contributed by atoms with Crippen molar-refractivity contribution >= 4 is 52.0 Å². The van der Waals surface area contributed by atoms with Gasteiger partial charge in [0.1, 0.15) is 5.75 Å². The number of hydrogen-bond acceptors (Lipinski definition) is 5. The van der Waals surface area contributed by atoms with Crippen molar-refractivity contribution in [3.05, 3.63) is 104 Å². The Morgan fingerprint density at radius 2 is 1.85 bits per heavy atom. The van der Waals surface area contributed by atoms with Crippen molar-refractivity contribution in [1.29, 1.82) is 0 Å². The van der Waals surface area contributed by atoms with Crippen LogP contribution in [0.1, 0.15) is 29.2 Å². The van der Waals surface area contributed by atoms with Crippen molar-refractivity contribution in [3.8, 4) is 5.75 Å². The van der Waals surface area contributed by atoms with Gasteiger partial charge in [-0.15, -0.1) is 0 Å². The number of carbonyl (C=O) groups excluding carboxylic acids is 1. The first-order chi connectivity index (χ1) is 16.0. The summed E-state index contributed by atoms with van der Waals surface area (Å²) in [6, 6.07) is 23.3. The lowest BCUT2D eigenvalue weighted by atomic mass is 9.95. The molecule has 0 aliphatic carbocycles. The van der Waals surface area contributed by atoms with Crippen LogP contribution in [-0.4, -0.2) is 21.8 Å². The predicted molar refractivity (Wildman–Crippen MR) is 133 cm³/mol. The molecule has 3 heterocycles. The summed E-state index contributed by atoms with van der Waals surface area (Å²) in [5.74, 6) is -0.558. The van der Waals surface area contributed by atoms with Crippen LogP contribution in [0, 0.1) is 0 Å². The van der Waals surface area contributed by atoms with Gasteiger partial charge in [0.05, 0.1) is 26.7 Å². The smallest absolute Gasteiger partial charge is 0.314 e. The zero-order valence-electron chi connectivity index (χ0n) is 17.2. The van der Waals surface area contributed by atoms with Gasteiger partial charge >= 0.3 is 5.85 Å². The van der Waals surface area contributed by atoms with Crippen molar-refractivity contribution in [2.45, 2.75) is 18.3 Å². The number of thioether (sulfide) groups is 1. The number of amides is 1. The topological polar surface area (TPSA) is 53.9 Å². The van der Waals surface area contributed by atoms with Crippen molar-refractivity contribution in [3.63, 3.8) is 0 Å². The molecule has 3 aromatic carbocycles. The Kier molecular flexibility index (Phi) is 4.91. The number of nitrogens with zero attached hydrogens (tertiary/aromatic N) is 2. The highest BCUT2D eigenvalue weighted by Crippen LogP contribution is 2.53. The molecule has 8 heteroatoms. The first-order valence-corrected chi connectivity index (χ1v) is 12.0. The van der Waals surface area contributed by atoms with Crippen molar-refractivity contribution in [1.82, 2.24) is 10.3 Å². The van der Waals surface area contributed by atoms with Gasteiger partial charge in [-0.25, -0.2) is 5.01 Å². The first kappa shape index (κ1) is 20.7. The fraction of sp³-hybridized carbons (Fsp3) is 0.120. The van der Waals surface area contributed by atoms with E-state index in [4.69, 9.17) is 33.0 Å². The molecular weight excluding hydrogens is 477 g/mol. The second-order valence-corrected chi connectivity index (χ2v) is 9.73. The number of benzene rings is 3. The maximum absolute atomic E-state index is 12.7. The molecule has 1 spiro atoms. The van der Waals surface area contributed by atoms with Gasteiger partial charge in [0.2, 0.25) is 0 Å². The first-order valence-electron chi connectivity index (χ1n) is 10.4. The van der Waals surface area contributed by atoms with Gasteiger partial charge in [0.25, 0.3) is 5.24 Å². The molecule has 1 saturated heterocycles. The van der Waals surface area contributed by atoms with Crippen LogP contribution >= 0.6 is 35.0 Å². The largest absolute Gasteiger partial charge is 0.444 e. The van der Waals surface area contributed by atoms with E-state index in [2.05, 4.69) is 5.32 Å². The average molecular weight is 494 g/mol. The number of hydrazone groups is 1. The van der Waals surface area contributed by atoms with Crippen LogP contribution in [0.3, 0.4) is 0 Å². The quantitative estimate of drug-likeness (QED) is 0.432. The fourth-order valence-corrected chi connectivity index (χ4v) is 5.71. The van der Waals surface area contributed by atoms with Gasteiger partial charge < -0.3 is 4.74 Å². The van der Waals surface area contributed by atoms with Crippen LogP contribution in [0.25, 0.3) is 6.08 Å². The maximum atomic E-state index is 12.7. The molecular formula is C25H17Cl2N3O2S. The molecule has 0 bridgehead atoms. The van der Waals surface area contributed by atoms with E-state index in [0.717, 1.165) is 28.6 Å². The summed E-state index contributed by atoms with van der Waals surface area (Å²) < 4.78 is 6.53. The summed E-state index contributed by atoms with van der Waals surface area (Å²) in [6.45, 7) is 0. The minimum absolute atomic E-state index is 0.0950. The number of halogens is 2. The van der Waals surface area contributed by atoms with Crippen LogP contribution in [0.15, 0.2) is 82.8 Å². The van der Waals surface area contributed by atoms with Crippen LogP contribution in [0.4, 0.5) is 4.79 Å². The Hall–Kier alpha value is -2.93. The van der Waals surface area contributed by atoms with E-state index in [1.807, 2.05) is 77.8 Å². The third-order valence-electron chi connectivity index (χ3n) is 5.95. The molecule has 0 radical (unpaired) electrons. The van der Waals surface area contributed by atoms with Gasteiger partial charge in [0, 0.05) is 12.0 Å². The zero-order valence-corrected chi connectivity index (χ0v) is 19.5. The van der Waals surface area contributed by atoms with E-state index < -0.39 is 5.85 Å². The van der Waals surface area contributed by atoms with Gasteiger partial charge in [0.15, 0.2) is 0 Å². The van der Waals surface area contributed by atoms with Gasteiger partial charge in [-0.3, -0.25) is 10.1 Å². The molecule has 6 rings (SSSR count). The number of rotatable bonds is 2. The summed E-state index contributed by atoms with van der Waals surface area (Å²) >= 11 is 13.8. The van der Waals surface area contributed by atoms with Crippen LogP contribution in [0.5, 0.6) is 5.75 Å². The number of para-hydroxylation sites is 1. The molecule has 0 unspecified atom stereocenters. The molecule has 1 N–H and O–H groups in total. The van der Waals surface area contributed by atoms with Crippen LogP contribution in [0.2, 0.25) is 10.0 Å². The van der Waals surface area contributed by atoms with E-state index in [9.17, 15) is 4.79 Å². The molecule has 1 amide bonds. The molecule has 5 nitrogen and oxygen atoms in total. The molecule has 33 heavy (non-hydrogen) atoms. The third-order valence-corrected chi connectivity index (χ3v) is 7.69. The summed E-state index contributed by atoms with van der Waals surface area (Å²) in [7, 11) is 0. The molecule has 3 aliphatic rings. The molecule has 0 saturated carbocycles. The van der Waals surface area contributed by atoms with E-state index in [-0.39, 0.29) is 11.3 Å². The predicted octanol–water partition coefficient (Wildman–Crippen LogP) is 6.69. The van der Waals surface area contributed by atoms with E-state index in [1.54, 1.807) is 6.07 Å². The summed E-state index contributed by atoms with van der Waals surface area (Å²) in [5, 5.41) is 10.5. The number of ether oxygens (including phenoxy) is 1. The SMILES string of the molecule is O=C1N[C@@]2(Oc3ccccc3[C@H]3CC(c4ccccc4)=NN32)/C(=C/c2cccc(Cl)c2Cl)S1.